The van der Waals surface area contributed by atoms with E-state index in [0.29, 0.717) is 0 Å². The zero-order chi connectivity index (χ0) is 12.5. The molecule has 2 aromatic heterocycles. The first-order valence-electron chi connectivity index (χ1n) is 5.26. The second-order valence-corrected chi connectivity index (χ2v) is 7.09. The Bertz CT molecular complexity index is 499. The standard InChI is InChI=1S/C11H14ClN3S2/c1-11(2,3)13-6-8-14-15-10(17-8)9-7(12)4-5-16-9/h4-5,13H,6H2,1-3H3. The van der Waals surface area contributed by atoms with Gasteiger partial charge in [0.05, 0.1) is 16.4 Å². The van der Waals surface area contributed by atoms with Crippen molar-refractivity contribution in [2.45, 2.75) is 32.9 Å². The molecular formula is C11H14ClN3S2. The van der Waals surface area contributed by atoms with Gasteiger partial charge < -0.3 is 5.32 Å². The summed E-state index contributed by atoms with van der Waals surface area (Å²) in [6.45, 7) is 7.13. The SMILES string of the molecule is CC(C)(C)NCc1nnc(-c2sccc2Cl)s1. The third-order valence-corrected chi connectivity index (χ3v) is 4.47. The number of aromatic nitrogens is 2. The van der Waals surface area contributed by atoms with Crippen molar-refractivity contribution >= 4 is 34.3 Å². The van der Waals surface area contributed by atoms with Crippen LogP contribution in [-0.4, -0.2) is 15.7 Å². The molecule has 92 valence electrons. The third kappa shape index (κ3) is 3.48. The van der Waals surface area contributed by atoms with Crippen LogP contribution >= 0.6 is 34.3 Å². The van der Waals surface area contributed by atoms with E-state index in [4.69, 9.17) is 11.6 Å². The molecule has 0 radical (unpaired) electrons. The fourth-order valence-corrected chi connectivity index (χ4v) is 3.29. The van der Waals surface area contributed by atoms with Crippen LogP contribution in [0.15, 0.2) is 11.4 Å². The van der Waals surface area contributed by atoms with Crippen LogP contribution in [0.1, 0.15) is 25.8 Å². The van der Waals surface area contributed by atoms with Gasteiger partial charge in [-0.25, -0.2) is 0 Å². The van der Waals surface area contributed by atoms with Crippen LogP contribution in [0, 0.1) is 0 Å². The highest BCUT2D eigenvalue weighted by molar-refractivity contribution is 7.21. The van der Waals surface area contributed by atoms with Gasteiger partial charge in [0.25, 0.3) is 0 Å². The third-order valence-electron chi connectivity index (χ3n) is 2.05. The van der Waals surface area contributed by atoms with E-state index in [1.807, 2.05) is 11.4 Å². The van der Waals surface area contributed by atoms with Gasteiger partial charge in [-0.05, 0) is 32.2 Å². The van der Waals surface area contributed by atoms with E-state index in [1.165, 1.54) is 0 Å². The lowest BCUT2D eigenvalue weighted by Crippen LogP contribution is -2.35. The highest BCUT2D eigenvalue weighted by Crippen LogP contribution is 2.34. The van der Waals surface area contributed by atoms with Crippen LogP contribution in [0.25, 0.3) is 9.88 Å². The van der Waals surface area contributed by atoms with E-state index in [2.05, 4.69) is 36.3 Å². The Balaban J connectivity index is 2.09. The molecule has 0 aromatic carbocycles. The van der Waals surface area contributed by atoms with Crippen molar-refractivity contribution in [1.82, 2.24) is 15.5 Å². The molecule has 2 rings (SSSR count). The molecule has 0 aliphatic carbocycles. The van der Waals surface area contributed by atoms with Gasteiger partial charge in [0.2, 0.25) is 0 Å². The lowest BCUT2D eigenvalue weighted by Gasteiger charge is -2.19. The summed E-state index contributed by atoms with van der Waals surface area (Å²) in [6.07, 6.45) is 0. The van der Waals surface area contributed by atoms with E-state index >= 15 is 0 Å². The Labute approximate surface area is 114 Å². The highest BCUT2D eigenvalue weighted by Gasteiger charge is 2.13. The average molecular weight is 288 g/mol. The summed E-state index contributed by atoms with van der Waals surface area (Å²) in [5.74, 6) is 0. The minimum Gasteiger partial charge on any atom is -0.306 e. The second-order valence-electron chi connectivity index (χ2n) is 4.70. The van der Waals surface area contributed by atoms with Crippen LogP contribution in [0.5, 0.6) is 0 Å². The molecule has 0 bridgehead atoms. The first-order chi connectivity index (χ1) is 7.96. The van der Waals surface area contributed by atoms with Crippen molar-refractivity contribution in [2.24, 2.45) is 0 Å². The van der Waals surface area contributed by atoms with Crippen molar-refractivity contribution in [3.63, 3.8) is 0 Å². The minimum absolute atomic E-state index is 0.0897. The number of thiophene rings is 1. The summed E-state index contributed by atoms with van der Waals surface area (Å²) in [7, 11) is 0. The number of hydrogen-bond acceptors (Lipinski definition) is 5. The van der Waals surface area contributed by atoms with Crippen molar-refractivity contribution in [3.05, 3.63) is 21.5 Å². The van der Waals surface area contributed by atoms with Gasteiger partial charge in [-0.1, -0.05) is 22.9 Å². The Morgan fingerprint density at radius 3 is 2.71 bits per heavy atom. The van der Waals surface area contributed by atoms with E-state index in [9.17, 15) is 0 Å². The van der Waals surface area contributed by atoms with Gasteiger partial charge in [0.15, 0.2) is 5.01 Å². The first-order valence-corrected chi connectivity index (χ1v) is 7.34. The van der Waals surface area contributed by atoms with Gasteiger partial charge in [0.1, 0.15) is 5.01 Å². The Kier molecular flexibility index (Phi) is 3.82. The summed E-state index contributed by atoms with van der Waals surface area (Å²) in [4.78, 5) is 1.01. The highest BCUT2D eigenvalue weighted by atomic mass is 35.5. The summed E-state index contributed by atoms with van der Waals surface area (Å²) in [5.41, 5.74) is 0.0897. The maximum absolute atomic E-state index is 6.07. The summed E-state index contributed by atoms with van der Waals surface area (Å²) < 4.78 is 0. The molecule has 2 heterocycles. The van der Waals surface area contributed by atoms with Crippen LogP contribution in [0.2, 0.25) is 5.02 Å². The van der Waals surface area contributed by atoms with Crippen molar-refractivity contribution in [1.29, 1.82) is 0 Å². The molecule has 0 fully saturated rings. The topological polar surface area (TPSA) is 37.8 Å². The largest absolute Gasteiger partial charge is 0.306 e. The zero-order valence-corrected chi connectivity index (χ0v) is 12.3. The maximum Gasteiger partial charge on any atom is 0.159 e. The molecule has 0 spiro atoms. The van der Waals surface area contributed by atoms with E-state index < -0.39 is 0 Å². The minimum atomic E-state index is 0.0897. The summed E-state index contributed by atoms with van der Waals surface area (Å²) in [6, 6.07) is 1.88. The fourth-order valence-electron chi connectivity index (χ4n) is 1.20. The number of rotatable bonds is 3. The predicted octanol–water partition coefficient (Wildman–Crippen LogP) is 3.81. The molecule has 17 heavy (non-hydrogen) atoms. The van der Waals surface area contributed by atoms with Crippen molar-refractivity contribution in [2.75, 3.05) is 0 Å². The smallest absolute Gasteiger partial charge is 0.159 e. The first kappa shape index (κ1) is 13.0. The fraction of sp³-hybridized carbons (Fsp3) is 0.455. The maximum atomic E-state index is 6.07. The molecular weight excluding hydrogens is 274 g/mol. The second kappa shape index (κ2) is 5.02. The quantitative estimate of drug-likeness (QED) is 0.933. The molecule has 0 saturated heterocycles. The van der Waals surface area contributed by atoms with Gasteiger partial charge in [-0.15, -0.1) is 21.5 Å². The molecule has 0 aliphatic heterocycles. The normalized spacial score (nSPS) is 12.0. The van der Waals surface area contributed by atoms with E-state index in [1.54, 1.807) is 22.7 Å². The summed E-state index contributed by atoms with van der Waals surface area (Å²) >= 11 is 9.25. The van der Waals surface area contributed by atoms with Gasteiger partial charge in [0, 0.05) is 5.54 Å². The lowest BCUT2D eigenvalue weighted by atomic mass is 10.1. The number of hydrogen-bond donors (Lipinski definition) is 1. The zero-order valence-electron chi connectivity index (χ0n) is 9.95. The van der Waals surface area contributed by atoms with Crippen molar-refractivity contribution in [3.8, 4) is 9.88 Å². The molecule has 0 amide bonds. The van der Waals surface area contributed by atoms with E-state index in [0.717, 1.165) is 26.5 Å². The van der Waals surface area contributed by atoms with E-state index in [-0.39, 0.29) is 5.54 Å². The van der Waals surface area contributed by atoms with Crippen LogP contribution in [-0.2, 0) is 6.54 Å². The van der Waals surface area contributed by atoms with Crippen molar-refractivity contribution < 1.29 is 0 Å². The molecule has 6 heteroatoms. The van der Waals surface area contributed by atoms with Gasteiger partial charge >= 0.3 is 0 Å². The molecule has 2 aromatic rings. The molecule has 3 nitrogen and oxygen atoms in total. The van der Waals surface area contributed by atoms with Crippen LogP contribution < -0.4 is 5.32 Å². The molecule has 0 saturated carbocycles. The average Bonchev–Trinajstić information content (AvgIpc) is 2.81. The Hall–Kier alpha value is -0.490. The summed E-state index contributed by atoms with van der Waals surface area (Å²) in [5, 5.41) is 16.3. The number of halogens is 1. The Morgan fingerprint density at radius 2 is 2.12 bits per heavy atom. The lowest BCUT2D eigenvalue weighted by molar-refractivity contribution is 0.423. The van der Waals surface area contributed by atoms with Crippen LogP contribution in [0.3, 0.4) is 0 Å². The molecule has 1 N–H and O–H groups in total. The number of nitrogens with zero attached hydrogens (tertiary/aromatic N) is 2. The van der Waals surface area contributed by atoms with Crippen LogP contribution in [0.4, 0.5) is 0 Å². The molecule has 0 atom stereocenters. The van der Waals surface area contributed by atoms with Gasteiger partial charge in [-0.2, -0.15) is 0 Å². The number of nitrogens with one attached hydrogen (secondary N) is 1. The molecule has 0 unspecified atom stereocenters. The monoisotopic (exact) mass is 287 g/mol. The molecule has 0 aliphatic rings. The Morgan fingerprint density at radius 1 is 1.35 bits per heavy atom. The van der Waals surface area contributed by atoms with Gasteiger partial charge in [-0.3, -0.25) is 0 Å². The predicted molar refractivity (Wildman–Crippen MR) is 74.8 cm³/mol.